The van der Waals surface area contributed by atoms with Crippen molar-refractivity contribution in [3.8, 4) is 0 Å². The van der Waals surface area contributed by atoms with Crippen LogP contribution in [0.2, 0.25) is 0 Å². The van der Waals surface area contributed by atoms with Crippen molar-refractivity contribution in [1.29, 1.82) is 0 Å². The smallest absolute Gasteiger partial charge is 0.339 e. The molecule has 0 bridgehead atoms. The first-order valence-corrected chi connectivity index (χ1v) is 4.05. The fourth-order valence-corrected chi connectivity index (χ4v) is 1.29. The SMILES string of the molecule is COC(=O)c1cc2n(c1)NCNC2=O. The molecule has 1 aromatic rings. The number of amides is 1. The molecule has 2 heterocycles. The average Bonchev–Trinajstić information content (AvgIpc) is 2.62. The fraction of sp³-hybridized carbons (Fsp3) is 0.250. The number of nitrogens with zero attached hydrogens (tertiary/aromatic N) is 1. The van der Waals surface area contributed by atoms with Gasteiger partial charge in [-0.2, -0.15) is 0 Å². The molecule has 74 valence electrons. The Morgan fingerprint density at radius 3 is 3.07 bits per heavy atom. The van der Waals surface area contributed by atoms with Crippen molar-refractivity contribution in [1.82, 2.24) is 9.99 Å². The van der Waals surface area contributed by atoms with Gasteiger partial charge in [0.1, 0.15) is 12.4 Å². The number of hydrogen-bond donors (Lipinski definition) is 2. The van der Waals surface area contributed by atoms with Gasteiger partial charge in [0.05, 0.1) is 12.7 Å². The van der Waals surface area contributed by atoms with Gasteiger partial charge in [-0.1, -0.05) is 0 Å². The second kappa shape index (κ2) is 3.06. The van der Waals surface area contributed by atoms with E-state index in [9.17, 15) is 9.59 Å². The van der Waals surface area contributed by atoms with Crippen LogP contribution >= 0.6 is 0 Å². The average molecular weight is 195 g/mol. The van der Waals surface area contributed by atoms with Gasteiger partial charge < -0.3 is 15.5 Å². The number of nitrogens with one attached hydrogen (secondary N) is 2. The van der Waals surface area contributed by atoms with E-state index in [-0.39, 0.29) is 5.91 Å². The zero-order valence-electron chi connectivity index (χ0n) is 7.53. The quantitative estimate of drug-likeness (QED) is 0.593. The van der Waals surface area contributed by atoms with E-state index in [1.54, 1.807) is 0 Å². The Hall–Kier alpha value is -1.98. The predicted molar refractivity (Wildman–Crippen MR) is 47.5 cm³/mol. The molecule has 1 aliphatic rings. The fourth-order valence-electron chi connectivity index (χ4n) is 1.29. The number of carbonyl (C=O) groups is 2. The lowest BCUT2D eigenvalue weighted by Crippen LogP contribution is -2.40. The summed E-state index contributed by atoms with van der Waals surface area (Å²) in [6.45, 7) is 0.348. The van der Waals surface area contributed by atoms with Crippen molar-refractivity contribution in [2.24, 2.45) is 0 Å². The van der Waals surface area contributed by atoms with E-state index in [2.05, 4.69) is 15.5 Å². The molecule has 0 fully saturated rings. The highest BCUT2D eigenvalue weighted by Crippen LogP contribution is 2.10. The molecule has 1 aliphatic heterocycles. The minimum atomic E-state index is -0.457. The van der Waals surface area contributed by atoms with Crippen molar-refractivity contribution >= 4 is 11.9 Å². The van der Waals surface area contributed by atoms with Crippen LogP contribution in [0.15, 0.2) is 12.3 Å². The summed E-state index contributed by atoms with van der Waals surface area (Å²) in [6, 6.07) is 1.48. The molecule has 0 spiro atoms. The van der Waals surface area contributed by atoms with Crippen LogP contribution in [-0.2, 0) is 4.74 Å². The number of carbonyl (C=O) groups excluding carboxylic acids is 2. The maximum Gasteiger partial charge on any atom is 0.339 e. The monoisotopic (exact) mass is 195 g/mol. The number of hydrogen-bond acceptors (Lipinski definition) is 4. The lowest BCUT2D eigenvalue weighted by atomic mass is 10.3. The molecule has 0 aliphatic carbocycles. The highest BCUT2D eigenvalue weighted by molar-refractivity contribution is 5.98. The maximum atomic E-state index is 11.3. The summed E-state index contributed by atoms with van der Waals surface area (Å²) in [6.07, 6.45) is 1.53. The summed E-state index contributed by atoms with van der Waals surface area (Å²) in [5.41, 5.74) is 3.62. The molecule has 6 heteroatoms. The van der Waals surface area contributed by atoms with Crippen LogP contribution in [0, 0.1) is 0 Å². The van der Waals surface area contributed by atoms with Gasteiger partial charge in [0, 0.05) is 6.20 Å². The van der Waals surface area contributed by atoms with Gasteiger partial charge in [-0.05, 0) is 6.07 Å². The highest BCUT2D eigenvalue weighted by Gasteiger charge is 2.20. The van der Waals surface area contributed by atoms with Crippen molar-refractivity contribution in [3.05, 3.63) is 23.5 Å². The first kappa shape index (κ1) is 8.61. The molecule has 14 heavy (non-hydrogen) atoms. The summed E-state index contributed by atoms with van der Waals surface area (Å²) >= 11 is 0. The lowest BCUT2D eigenvalue weighted by molar-refractivity contribution is 0.0600. The predicted octanol–water partition coefficient (Wildman–Crippen LogP) is -0.481. The molecule has 0 saturated carbocycles. The number of esters is 1. The molecule has 2 N–H and O–H groups in total. The molecule has 0 radical (unpaired) electrons. The zero-order valence-corrected chi connectivity index (χ0v) is 7.53. The maximum absolute atomic E-state index is 11.3. The zero-order chi connectivity index (χ0) is 10.1. The molecule has 6 nitrogen and oxygen atoms in total. The first-order valence-electron chi connectivity index (χ1n) is 4.05. The molecule has 0 unspecified atom stereocenters. The second-order valence-corrected chi connectivity index (χ2v) is 2.82. The van der Waals surface area contributed by atoms with E-state index < -0.39 is 5.97 Å². The number of ether oxygens (including phenoxy) is 1. The van der Waals surface area contributed by atoms with Crippen molar-refractivity contribution < 1.29 is 14.3 Å². The summed E-state index contributed by atoms with van der Waals surface area (Å²) < 4.78 is 6.04. The highest BCUT2D eigenvalue weighted by atomic mass is 16.5. The molecule has 2 rings (SSSR count). The number of rotatable bonds is 1. The van der Waals surface area contributed by atoms with Gasteiger partial charge in [0.15, 0.2) is 0 Å². The molecular formula is C8H9N3O3. The van der Waals surface area contributed by atoms with E-state index >= 15 is 0 Å². The van der Waals surface area contributed by atoms with Crippen LogP contribution in [0.3, 0.4) is 0 Å². The van der Waals surface area contributed by atoms with Crippen LogP contribution < -0.4 is 10.7 Å². The number of fused-ring (bicyclic) bond motifs is 1. The Bertz CT molecular complexity index is 397. The standard InChI is InChI=1S/C8H9N3O3/c1-14-8(13)5-2-6-7(12)9-4-10-11(6)3-5/h2-3,10H,4H2,1H3,(H,9,12). The third kappa shape index (κ3) is 1.20. The first-order chi connectivity index (χ1) is 6.72. The van der Waals surface area contributed by atoms with Gasteiger partial charge in [-0.3, -0.25) is 9.47 Å². The van der Waals surface area contributed by atoms with Crippen LogP contribution in [0.5, 0.6) is 0 Å². The molecule has 0 aromatic carbocycles. The van der Waals surface area contributed by atoms with Crippen molar-refractivity contribution in [3.63, 3.8) is 0 Å². The lowest BCUT2D eigenvalue weighted by Gasteiger charge is -2.17. The normalized spacial score (nSPS) is 13.9. The Morgan fingerprint density at radius 2 is 2.43 bits per heavy atom. The van der Waals surface area contributed by atoms with Crippen LogP contribution in [0.25, 0.3) is 0 Å². The third-order valence-electron chi connectivity index (χ3n) is 1.97. The summed E-state index contributed by atoms with van der Waals surface area (Å²) in [5.74, 6) is -0.666. The Labute approximate surface area is 79.8 Å². The third-order valence-corrected chi connectivity index (χ3v) is 1.97. The van der Waals surface area contributed by atoms with Crippen molar-refractivity contribution in [2.45, 2.75) is 0 Å². The van der Waals surface area contributed by atoms with Crippen molar-refractivity contribution in [2.75, 3.05) is 19.2 Å². The Morgan fingerprint density at radius 1 is 1.64 bits per heavy atom. The molecule has 0 atom stereocenters. The van der Waals surface area contributed by atoms with Crippen LogP contribution in [0.4, 0.5) is 0 Å². The van der Waals surface area contributed by atoms with E-state index in [1.165, 1.54) is 24.0 Å². The minimum absolute atomic E-state index is 0.209. The van der Waals surface area contributed by atoms with Crippen LogP contribution in [0.1, 0.15) is 20.8 Å². The van der Waals surface area contributed by atoms with E-state index in [0.717, 1.165) is 0 Å². The Balaban J connectivity index is 2.40. The van der Waals surface area contributed by atoms with E-state index in [1.807, 2.05) is 0 Å². The summed E-state index contributed by atoms with van der Waals surface area (Å²) in [4.78, 5) is 22.4. The van der Waals surface area contributed by atoms with Gasteiger partial charge in [0.2, 0.25) is 0 Å². The van der Waals surface area contributed by atoms with Gasteiger partial charge >= 0.3 is 5.97 Å². The molecular weight excluding hydrogens is 186 g/mol. The topological polar surface area (TPSA) is 72.4 Å². The summed E-state index contributed by atoms with van der Waals surface area (Å²) in [7, 11) is 1.30. The molecule has 1 aromatic heterocycles. The van der Waals surface area contributed by atoms with Crippen LogP contribution in [-0.4, -0.2) is 30.3 Å². The van der Waals surface area contributed by atoms with Gasteiger partial charge in [-0.25, -0.2) is 4.79 Å². The van der Waals surface area contributed by atoms with Gasteiger partial charge in [-0.15, -0.1) is 0 Å². The minimum Gasteiger partial charge on any atom is -0.465 e. The van der Waals surface area contributed by atoms with Gasteiger partial charge in [0.25, 0.3) is 5.91 Å². The summed E-state index contributed by atoms with van der Waals surface area (Å²) in [5, 5.41) is 2.59. The van der Waals surface area contributed by atoms with E-state index in [4.69, 9.17) is 0 Å². The second-order valence-electron chi connectivity index (χ2n) is 2.82. The molecule has 1 amide bonds. The number of methoxy groups -OCH3 is 1. The number of aromatic nitrogens is 1. The molecule has 0 saturated heterocycles. The Kier molecular flexibility index (Phi) is 1.88. The van der Waals surface area contributed by atoms with E-state index in [0.29, 0.717) is 17.9 Å². The largest absolute Gasteiger partial charge is 0.465 e.